The molecular formula is C4H7BrN2. The Morgan fingerprint density at radius 3 is 2.14 bits per heavy atom. The van der Waals surface area contributed by atoms with Crippen LogP contribution in [0, 0.1) is 5.41 Å². The van der Waals surface area contributed by atoms with Crippen LogP contribution < -0.4 is 5.73 Å². The molecule has 0 atom stereocenters. The molecule has 0 heterocycles. The molecule has 0 saturated heterocycles. The van der Waals surface area contributed by atoms with E-state index in [2.05, 4.69) is 15.9 Å². The lowest BCUT2D eigenvalue weighted by Crippen LogP contribution is -2.23. The largest absolute Gasteiger partial charge is 0.386 e. The van der Waals surface area contributed by atoms with Gasteiger partial charge in [-0.1, -0.05) is 15.9 Å². The fourth-order valence-electron chi connectivity index (χ4n) is 0.379. The van der Waals surface area contributed by atoms with Crippen molar-refractivity contribution in [1.29, 1.82) is 5.41 Å². The van der Waals surface area contributed by atoms with Crippen LogP contribution in [0.4, 0.5) is 0 Å². The number of rotatable bonds is 1. The molecule has 0 aromatic carbocycles. The average molecular weight is 163 g/mol. The maximum atomic E-state index is 6.94. The summed E-state index contributed by atoms with van der Waals surface area (Å²) >= 11 is 3.30. The van der Waals surface area contributed by atoms with Crippen LogP contribution in [0.5, 0.6) is 0 Å². The highest BCUT2D eigenvalue weighted by Gasteiger charge is 2.43. The molecule has 0 aromatic heterocycles. The molecule has 0 bridgehead atoms. The molecule has 40 valence electrons. The minimum Gasteiger partial charge on any atom is -0.386 e. The van der Waals surface area contributed by atoms with Gasteiger partial charge in [0.25, 0.3) is 0 Å². The third-order valence-electron chi connectivity index (χ3n) is 1.17. The van der Waals surface area contributed by atoms with Gasteiger partial charge in [-0.15, -0.1) is 0 Å². The molecule has 0 aliphatic heterocycles. The number of halogens is 1. The zero-order valence-corrected chi connectivity index (χ0v) is 5.46. The zero-order chi connectivity index (χ0) is 5.49. The smallest absolute Gasteiger partial charge is 0.108 e. The van der Waals surface area contributed by atoms with Crippen LogP contribution in [0.15, 0.2) is 0 Å². The fraction of sp³-hybridized carbons (Fsp3) is 0.750. The van der Waals surface area contributed by atoms with Crippen molar-refractivity contribution in [3.05, 3.63) is 0 Å². The summed E-state index contributed by atoms with van der Waals surface area (Å²) in [7, 11) is 0. The highest BCUT2D eigenvalue weighted by atomic mass is 79.9. The van der Waals surface area contributed by atoms with Crippen LogP contribution in [-0.4, -0.2) is 10.2 Å². The molecule has 0 amide bonds. The topological polar surface area (TPSA) is 49.9 Å². The summed E-state index contributed by atoms with van der Waals surface area (Å²) in [6.07, 6.45) is 2.06. The van der Waals surface area contributed by atoms with Crippen LogP contribution in [0.1, 0.15) is 12.8 Å². The number of hydrogen-bond donors (Lipinski definition) is 2. The summed E-state index contributed by atoms with van der Waals surface area (Å²) in [5.41, 5.74) is 5.17. The van der Waals surface area contributed by atoms with Gasteiger partial charge in [0.05, 0.1) is 4.32 Å². The lowest BCUT2D eigenvalue weighted by atomic mass is 10.4. The predicted molar refractivity (Wildman–Crippen MR) is 32.8 cm³/mol. The van der Waals surface area contributed by atoms with Crippen molar-refractivity contribution in [2.24, 2.45) is 5.73 Å². The number of nitrogens with two attached hydrogens (primary N) is 1. The fourth-order valence-corrected chi connectivity index (χ4v) is 0.577. The minimum atomic E-state index is -0.0764. The van der Waals surface area contributed by atoms with Crippen molar-refractivity contribution < 1.29 is 0 Å². The summed E-state index contributed by atoms with van der Waals surface area (Å²) in [5.74, 6) is 0.271. The third-order valence-corrected chi connectivity index (χ3v) is 2.39. The Labute approximate surface area is 50.7 Å². The normalized spacial score (nSPS) is 24.1. The monoisotopic (exact) mass is 162 g/mol. The van der Waals surface area contributed by atoms with Gasteiger partial charge in [0, 0.05) is 0 Å². The van der Waals surface area contributed by atoms with Gasteiger partial charge in [0.1, 0.15) is 5.84 Å². The molecule has 1 aliphatic carbocycles. The van der Waals surface area contributed by atoms with E-state index in [-0.39, 0.29) is 10.2 Å². The van der Waals surface area contributed by atoms with Gasteiger partial charge >= 0.3 is 0 Å². The SMILES string of the molecule is N=C(N)C1(Br)CC1. The van der Waals surface area contributed by atoms with E-state index in [1.807, 2.05) is 0 Å². The number of hydrogen-bond acceptors (Lipinski definition) is 1. The molecule has 1 rings (SSSR count). The summed E-state index contributed by atoms with van der Waals surface area (Å²) in [5, 5.41) is 6.94. The second-order valence-electron chi connectivity index (χ2n) is 1.88. The van der Waals surface area contributed by atoms with Crippen LogP contribution in [0.3, 0.4) is 0 Å². The molecule has 0 spiro atoms. The second kappa shape index (κ2) is 1.22. The maximum absolute atomic E-state index is 6.94. The first-order chi connectivity index (χ1) is 3.15. The van der Waals surface area contributed by atoms with Crippen molar-refractivity contribution >= 4 is 21.8 Å². The number of nitrogens with one attached hydrogen (secondary N) is 1. The predicted octanol–water partition coefficient (Wildman–Crippen LogP) is 0.850. The Morgan fingerprint density at radius 1 is 1.71 bits per heavy atom. The van der Waals surface area contributed by atoms with Gasteiger partial charge in [-0.25, -0.2) is 0 Å². The molecule has 0 unspecified atom stereocenters. The molecule has 0 aromatic rings. The van der Waals surface area contributed by atoms with Gasteiger partial charge < -0.3 is 5.73 Å². The number of amidine groups is 1. The minimum absolute atomic E-state index is 0.0764. The average Bonchev–Trinajstić information content (AvgIpc) is 2.21. The zero-order valence-electron chi connectivity index (χ0n) is 3.87. The van der Waals surface area contributed by atoms with Gasteiger partial charge in [0.15, 0.2) is 0 Å². The van der Waals surface area contributed by atoms with Crippen LogP contribution in [0.25, 0.3) is 0 Å². The summed E-state index contributed by atoms with van der Waals surface area (Å²) in [6.45, 7) is 0. The van der Waals surface area contributed by atoms with Crippen LogP contribution in [-0.2, 0) is 0 Å². The van der Waals surface area contributed by atoms with Crippen molar-refractivity contribution in [1.82, 2.24) is 0 Å². The highest BCUT2D eigenvalue weighted by Crippen LogP contribution is 2.43. The Balaban J connectivity index is 2.55. The van der Waals surface area contributed by atoms with E-state index in [1.54, 1.807) is 0 Å². The summed E-state index contributed by atoms with van der Waals surface area (Å²) in [4.78, 5) is 0. The van der Waals surface area contributed by atoms with Gasteiger partial charge in [-0.2, -0.15) is 0 Å². The van der Waals surface area contributed by atoms with E-state index < -0.39 is 0 Å². The van der Waals surface area contributed by atoms with E-state index in [0.717, 1.165) is 12.8 Å². The van der Waals surface area contributed by atoms with Gasteiger partial charge in [-0.3, -0.25) is 5.41 Å². The standard InChI is InChI=1S/C4H7BrN2/c5-4(1-2-4)3(6)7/h1-2H2,(H3,6,7). The Hall–Kier alpha value is -0.0500. The van der Waals surface area contributed by atoms with Crippen LogP contribution >= 0.6 is 15.9 Å². The van der Waals surface area contributed by atoms with Gasteiger partial charge in [-0.05, 0) is 12.8 Å². The molecule has 7 heavy (non-hydrogen) atoms. The van der Waals surface area contributed by atoms with E-state index in [1.165, 1.54) is 0 Å². The molecule has 1 saturated carbocycles. The first-order valence-electron chi connectivity index (χ1n) is 2.18. The maximum Gasteiger partial charge on any atom is 0.108 e. The van der Waals surface area contributed by atoms with Gasteiger partial charge in [0.2, 0.25) is 0 Å². The van der Waals surface area contributed by atoms with E-state index in [0.29, 0.717) is 0 Å². The highest BCUT2D eigenvalue weighted by molar-refractivity contribution is 9.10. The third kappa shape index (κ3) is 0.774. The van der Waals surface area contributed by atoms with Crippen LogP contribution in [0.2, 0.25) is 0 Å². The number of alkyl halides is 1. The van der Waals surface area contributed by atoms with Crippen molar-refractivity contribution in [2.75, 3.05) is 0 Å². The lowest BCUT2D eigenvalue weighted by molar-refractivity contribution is 1.21. The van der Waals surface area contributed by atoms with Crippen molar-refractivity contribution in [3.8, 4) is 0 Å². The van der Waals surface area contributed by atoms with Crippen molar-refractivity contribution in [3.63, 3.8) is 0 Å². The van der Waals surface area contributed by atoms with E-state index >= 15 is 0 Å². The molecule has 1 fully saturated rings. The first-order valence-corrected chi connectivity index (χ1v) is 2.98. The molecule has 1 aliphatic rings. The Kier molecular flexibility index (Phi) is 0.885. The van der Waals surface area contributed by atoms with E-state index in [9.17, 15) is 0 Å². The molecule has 0 radical (unpaired) electrons. The quantitative estimate of drug-likeness (QED) is 0.336. The first kappa shape index (κ1) is 5.09. The second-order valence-corrected chi connectivity index (χ2v) is 3.40. The summed E-state index contributed by atoms with van der Waals surface area (Å²) < 4.78 is -0.0764. The summed E-state index contributed by atoms with van der Waals surface area (Å²) in [6, 6.07) is 0. The van der Waals surface area contributed by atoms with Crippen molar-refractivity contribution in [2.45, 2.75) is 17.2 Å². The molecule has 2 nitrogen and oxygen atoms in total. The molecular weight excluding hydrogens is 156 g/mol. The molecule has 3 heteroatoms. The molecule has 3 N–H and O–H groups in total. The Morgan fingerprint density at radius 2 is 2.14 bits per heavy atom. The van der Waals surface area contributed by atoms with E-state index in [4.69, 9.17) is 11.1 Å². The lowest BCUT2D eigenvalue weighted by Gasteiger charge is -1.98. The Bertz CT molecular complexity index is 106.